The molecule has 0 aliphatic rings. The fourth-order valence-electron chi connectivity index (χ4n) is 0.990. The van der Waals surface area contributed by atoms with Crippen LogP contribution in [0.5, 0.6) is 11.5 Å². The summed E-state index contributed by atoms with van der Waals surface area (Å²) in [6.07, 6.45) is 0. The SMILES string of the molecule is COc1ccc(C)cc1OB(O)O. The highest BCUT2D eigenvalue weighted by Gasteiger charge is 2.14. The molecule has 70 valence electrons. The standard InChI is InChI=1S/C8H11BO4/c1-6-3-4-7(12-2)8(5-6)13-9(10)11/h3-5,10-11H,1-2H3. The van der Waals surface area contributed by atoms with E-state index in [9.17, 15) is 0 Å². The topological polar surface area (TPSA) is 58.9 Å². The Morgan fingerprint density at radius 2 is 1.92 bits per heavy atom. The molecule has 1 aromatic rings. The van der Waals surface area contributed by atoms with Crippen molar-refractivity contribution >= 4 is 7.32 Å². The summed E-state index contributed by atoms with van der Waals surface area (Å²) in [6, 6.07) is 5.21. The first-order valence-electron chi connectivity index (χ1n) is 3.81. The lowest BCUT2D eigenvalue weighted by Gasteiger charge is -2.10. The first kappa shape index (κ1) is 9.89. The zero-order valence-electron chi connectivity index (χ0n) is 7.52. The highest BCUT2D eigenvalue weighted by atomic mass is 16.6. The maximum Gasteiger partial charge on any atom is 0.707 e. The van der Waals surface area contributed by atoms with E-state index in [0.717, 1.165) is 5.56 Å². The maximum absolute atomic E-state index is 8.59. The van der Waals surface area contributed by atoms with E-state index < -0.39 is 7.32 Å². The maximum atomic E-state index is 8.59. The molecule has 0 atom stereocenters. The summed E-state index contributed by atoms with van der Waals surface area (Å²) in [5, 5.41) is 17.2. The van der Waals surface area contributed by atoms with Gasteiger partial charge in [0.15, 0.2) is 5.75 Å². The molecule has 0 saturated carbocycles. The van der Waals surface area contributed by atoms with Gasteiger partial charge in [0.25, 0.3) is 0 Å². The fraction of sp³-hybridized carbons (Fsp3) is 0.250. The van der Waals surface area contributed by atoms with Gasteiger partial charge < -0.3 is 19.4 Å². The quantitative estimate of drug-likeness (QED) is 0.662. The van der Waals surface area contributed by atoms with Crippen LogP contribution in [0.4, 0.5) is 0 Å². The van der Waals surface area contributed by atoms with Crippen LogP contribution in [0.1, 0.15) is 5.56 Å². The summed E-state index contributed by atoms with van der Waals surface area (Å²) in [4.78, 5) is 0. The van der Waals surface area contributed by atoms with Gasteiger partial charge in [0, 0.05) is 0 Å². The van der Waals surface area contributed by atoms with Gasteiger partial charge in [-0.15, -0.1) is 0 Å². The molecule has 1 rings (SSSR count). The monoisotopic (exact) mass is 182 g/mol. The lowest BCUT2D eigenvalue weighted by Crippen LogP contribution is -2.20. The van der Waals surface area contributed by atoms with E-state index in [-0.39, 0.29) is 0 Å². The molecule has 0 aliphatic carbocycles. The molecule has 0 radical (unpaired) electrons. The van der Waals surface area contributed by atoms with Crippen molar-refractivity contribution in [3.8, 4) is 11.5 Å². The minimum atomic E-state index is -1.82. The van der Waals surface area contributed by atoms with E-state index in [1.165, 1.54) is 7.11 Å². The van der Waals surface area contributed by atoms with Gasteiger partial charge in [-0.3, -0.25) is 0 Å². The molecule has 5 heteroatoms. The van der Waals surface area contributed by atoms with Crippen molar-refractivity contribution in [2.75, 3.05) is 7.11 Å². The van der Waals surface area contributed by atoms with E-state index in [1.807, 2.05) is 13.0 Å². The Bertz CT molecular complexity index is 287. The van der Waals surface area contributed by atoms with Crippen LogP contribution >= 0.6 is 0 Å². The third-order valence-electron chi connectivity index (χ3n) is 1.55. The number of hydrogen-bond acceptors (Lipinski definition) is 4. The highest BCUT2D eigenvalue weighted by molar-refractivity contribution is 6.33. The molecule has 0 saturated heterocycles. The van der Waals surface area contributed by atoms with Crippen LogP contribution in [0, 0.1) is 6.92 Å². The number of hydrogen-bond donors (Lipinski definition) is 2. The van der Waals surface area contributed by atoms with Crippen LogP contribution in [-0.2, 0) is 0 Å². The normalized spacial score (nSPS) is 9.54. The molecule has 2 N–H and O–H groups in total. The molecule has 0 spiro atoms. The summed E-state index contributed by atoms with van der Waals surface area (Å²) in [6.45, 7) is 1.87. The molecule has 0 fully saturated rings. The summed E-state index contributed by atoms with van der Waals surface area (Å²) in [5.41, 5.74) is 0.955. The molecular weight excluding hydrogens is 171 g/mol. The zero-order chi connectivity index (χ0) is 9.84. The van der Waals surface area contributed by atoms with E-state index in [1.54, 1.807) is 12.1 Å². The molecule has 0 unspecified atom stereocenters. The summed E-state index contributed by atoms with van der Waals surface area (Å²) < 4.78 is 9.66. The van der Waals surface area contributed by atoms with E-state index in [2.05, 4.69) is 0 Å². The van der Waals surface area contributed by atoms with Crippen LogP contribution in [0.15, 0.2) is 18.2 Å². The summed E-state index contributed by atoms with van der Waals surface area (Å²) >= 11 is 0. The fourth-order valence-corrected chi connectivity index (χ4v) is 0.990. The van der Waals surface area contributed by atoms with Crippen molar-refractivity contribution in [1.82, 2.24) is 0 Å². The average Bonchev–Trinajstić information content (AvgIpc) is 2.03. The Labute approximate surface area is 76.9 Å². The first-order valence-corrected chi connectivity index (χ1v) is 3.81. The van der Waals surface area contributed by atoms with Crippen LogP contribution in [-0.4, -0.2) is 24.5 Å². The van der Waals surface area contributed by atoms with Crippen LogP contribution in [0.25, 0.3) is 0 Å². The second-order valence-corrected chi connectivity index (χ2v) is 2.60. The van der Waals surface area contributed by atoms with Gasteiger partial charge in [-0.2, -0.15) is 0 Å². The summed E-state index contributed by atoms with van der Waals surface area (Å²) in [7, 11) is -0.336. The number of ether oxygens (including phenoxy) is 1. The Morgan fingerprint density at radius 1 is 1.23 bits per heavy atom. The molecular formula is C8H11BO4. The summed E-state index contributed by atoms with van der Waals surface area (Å²) in [5.74, 6) is 0.788. The molecule has 0 heterocycles. The van der Waals surface area contributed by atoms with Crippen LogP contribution in [0.2, 0.25) is 0 Å². The van der Waals surface area contributed by atoms with Crippen molar-refractivity contribution in [1.29, 1.82) is 0 Å². The minimum Gasteiger partial charge on any atom is -0.509 e. The molecule has 1 aromatic carbocycles. The highest BCUT2D eigenvalue weighted by Crippen LogP contribution is 2.27. The van der Waals surface area contributed by atoms with Crippen LogP contribution < -0.4 is 9.39 Å². The Kier molecular flexibility index (Phi) is 3.16. The third-order valence-corrected chi connectivity index (χ3v) is 1.55. The number of rotatable bonds is 3. The molecule has 0 amide bonds. The predicted molar refractivity (Wildman–Crippen MR) is 48.6 cm³/mol. The first-order chi connectivity index (χ1) is 6.13. The van der Waals surface area contributed by atoms with Crippen LogP contribution in [0.3, 0.4) is 0 Å². The van der Waals surface area contributed by atoms with E-state index >= 15 is 0 Å². The third kappa shape index (κ3) is 2.64. The average molecular weight is 182 g/mol. The van der Waals surface area contributed by atoms with Gasteiger partial charge in [-0.25, -0.2) is 0 Å². The minimum absolute atomic E-state index is 0.317. The molecule has 0 bridgehead atoms. The van der Waals surface area contributed by atoms with E-state index in [0.29, 0.717) is 11.5 Å². The van der Waals surface area contributed by atoms with Gasteiger partial charge in [0.2, 0.25) is 0 Å². The van der Waals surface area contributed by atoms with Gasteiger partial charge in [0.05, 0.1) is 7.11 Å². The lowest BCUT2D eigenvalue weighted by atomic mass is 10.2. The van der Waals surface area contributed by atoms with Crippen molar-refractivity contribution in [2.45, 2.75) is 6.92 Å². The van der Waals surface area contributed by atoms with Gasteiger partial charge >= 0.3 is 7.32 Å². The number of benzene rings is 1. The molecule has 4 nitrogen and oxygen atoms in total. The largest absolute Gasteiger partial charge is 0.707 e. The number of methoxy groups -OCH3 is 1. The lowest BCUT2D eigenvalue weighted by molar-refractivity contribution is 0.279. The second-order valence-electron chi connectivity index (χ2n) is 2.60. The van der Waals surface area contributed by atoms with E-state index in [4.69, 9.17) is 19.4 Å². The Balaban J connectivity index is 2.94. The predicted octanol–water partition coefficient (Wildman–Crippen LogP) is 0.352. The molecule has 13 heavy (non-hydrogen) atoms. The Morgan fingerprint density at radius 3 is 2.46 bits per heavy atom. The van der Waals surface area contributed by atoms with Gasteiger partial charge in [-0.05, 0) is 24.6 Å². The van der Waals surface area contributed by atoms with Gasteiger partial charge in [-0.1, -0.05) is 6.07 Å². The smallest absolute Gasteiger partial charge is 0.509 e. The molecule has 0 aliphatic heterocycles. The second kappa shape index (κ2) is 4.16. The van der Waals surface area contributed by atoms with Crippen molar-refractivity contribution in [2.24, 2.45) is 0 Å². The Hall–Kier alpha value is -1.20. The zero-order valence-corrected chi connectivity index (χ0v) is 7.52. The number of aryl methyl sites for hydroxylation is 1. The van der Waals surface area contributed by atoms with Crippen molar-refractivity contribution in [3.63, 3.8) is 0 Å². The molecule has 0 aromatic heterocycles. The van der Waals surface area contributed by atoms with Crippen molar-refractivity contribution < 1.29 is 19.4 Å². The van der Waals surface area contributed by atoms with Crippen molar-refractivity contribution in [3.05, 3.63) is 23.8 Å². The van der Waals surface area contributed by atoms with Gasteiger partial charge in [0.1, 0.15) is 5.75 Å².